The Bertz CT molecular complexity index is 1040. The summed E-state index contributed by atoms with van der Waals surface area (Å²) in [7, 11) is 0. The third kappa shape index (κ3) is 3.79. The van der Waals surface area contributed by atoms with E-state index in [2.05, 4.69) is 17.0 Å². The minimum absolute atomic E-state index is 0.0492. The highest BCUT2D eigenvalue weighted by Gasteiger charge is 2.35. The van der Waals surface area contributed by atoms with E-state index in [1.54, 1.807) is 6.08 Å². The molecule has 0 bridgehead atoms. The van der Waals surface area contributed by atoms with Crippen molar-refractivity contribution in [2.24, 2.45) is 10.1 Å². The van der Waals surface area contributed by atoms with Crippen LogP contribution in [0.3, 0.4) is 0 Å². The molecule has 2 aromatic carbocycles. The number of rotatable bonds is 4. The summed E-state index contributed by atoms with van der Waals surface area (Å²) in [6.45, 7) is 2.09. The fraction of sp³-hybridized carbons (Fsp3) is 0.143. The van der Waals surface area contributed by atoms with Crippen molar-refractivity contribution in [3.8, 4) is 0 Å². The lowest BCUT2D eigenvalue weighted by Gasteiger charge is -2.20. The Morgan fingerprint density at radius 3 is 2.46 bits per heavy atom. The highest BCUT2D eigenvalue weighted by molar-refractivity contribution is 8.26. The number of amidine groups is 2. The quantitative estimate of drug-likeness (QED) is 0.741. The minimum atomic E-state index is -0.411. The molecule has 0 fully saturated rings. The topological polar surface area (TPSA) is 68.9 Å². The minimum Gasteiger partial charge on any atom is -0.282 e. The van der Waals surface area contributed by atoms with Crippen molar-refractivity contribution in [2.45, 2.75) is 19.8 Å². The van der Waals surface area contributed by atoms with Crippen LogP contribution in [0.25, 0.3) is 6.08 Å². The zero-order valence-electron chi connectivity index (χ0n) is 15.1. The molecule has 2 aromatic rings. The van der Waals surface area contributed by atoms with Gasteiger partial charge in [0.1, 0.15) is 5.04 Å². The van der Waals surface area contributed by atoms with E-state index >= 15 is 0 Å². The number of carbonyl (C=O) groups excluding carboxylic acids is 1. The van der Waals surface area contributed by atoms with Crippen LogP contribution in [0.15, 0.2) is 64.2 Å². The van der Waals surface area contributed by atoms with Gasteiger partial charge in [0, 0.05) is 11.4 Å². The van der Waals surface area contributed by atoms with Crippen LogP contribution in [-0.2, 0) is 17.6 Å². The molecule has 28 heavy (non-hydrogen) atoms. The first-order chi connectivity index (χ1) is 13.5. The van der Waals surface area contributed by atoms with Gasteiger partial charge >= 0.3 is 0 Å². The molecule has 0 atom stereocenters. The molecule has 1 amide bonds. The van der Waals surface area contributed by atoms with Gasteiger partial charge in [-0.05, 0) is 53.1 Å². The van der Waals surface area contributed by atoms with Gasteiger partial charge in [0.2, 0.25) is 5.17 Å². The summed E-state index contributed by atoms with van der Waals surface area (Å²) in [5.41, 5.74) is 3.38. The van der Waals surface area contributed by atoms with E-state index in [0.29, 0.717) is 16.6 Å². The molecular formula is C21H17ClN4OS. The molecule has 0 unspecified atom stereocenters. The van der Waals surface area contributed by atoms with E-state index in [-0.39, 0.29) is 11.4 Å². The van der Waals surface area contributed by atoms with Gasteiger partial charge in [-0.1, -0.05) is 54.9 Å². The van der Waals surface area contributed by atoms with Crippen molar-refractivity contribution in [3.63, 3.8) is 0 Å². The number of amides is 1. The SMILES string of the molecule is CCc1ccc(C=C2C(=N)N3N=C(Cc4ccc(Cl)cc4)SC3=NC2=O)cc1. The third-order valence-corrected chi connectivity index (χ3v) is 5.62. The fourth-order valence-corrected chi connectivity index (χ4v) is 3.94. The molecule has 0 aromatic heterocycles. The number of aliphatic imine (C=N–C) groups is 1. The molecule has 0 saturated heterocycles. The van der Waals surface area contributed by atoms with Gasteiger partial charge in [-0.3, -0.25) is 10.2 Å². The van der Waals surface area contributed by atoms with Crippen LogP contribution < -0.4 is 0 Å². The van der Waals surface area contributed by atoms with Gasteiger partial charge < -0.3 is 0 Å². The van der Waals surface area contributed by atoms with E-state index in [1.807, 2.05) is 48.5 Å². The van der Waals surface area contributed by atoms with Gasteiger partial charge in [-0.2, -0.15) is 15.1 Å². The van der Waals surface area contributed by atoms with E-state index < -0.39 is 5.91 Å². The number of hydrazone groups is 1. The number of benzene rings is 2. The molecule has 140 valence electrons. The predicted molar refractivity (Wildman–Crippen MR) is 116 cm³/mol. The highest BCUT2D eigenvalue weighted by atomic mass is 35.5. The van der Waals surface area contributed by atoms with E-state index in [4.69, 9.17) is 17.0 Å². The van der Waals surface area contributed by atoms with Crippen molar-refractivity contribution in [3.05, 3.63) is 75.8 Å². The Morgan fingerprint density at radius 1 is 1.11 bits per heavy atom. The first-order valence-corrected chi connectivity index (χ1v) is 10.1. The molecule has 0 aliphatic carbocycles. The normalized spacial score (nSPS) is 17.6. The summed E-state index contributed by atoms with van der Waals surface area (Å²) in [5, 5.41) is 16.3. The highest BCUT2D eigenvalue weighted by Crippen LogP contribution is 2.29. The van der Waals surface area contributed by atoms with Crippen LogP contribution >= 0.6 is 23.4 Å². The first kappa shape index (κ1) is 18.7. The van der Waals surface area contributed by atoms with Crippen LogP contribution in [0.2, 0.25) is 5.02 Å². The standard InChI is InChI=1S/C21H17ClN4OS/c1-2-13-3-5-14(6-4-13)11-17-19(23)26-21(24-20(17)27)28-18(25-26)12-15-7-9-16(22)10-8-15/h3-11,23H,2,12H2,1H3. The monoisotopic (exact) mass is 408 g/mol. The number of thioether (sulfide) groups is 1. The molecule has 2 aliphatic heterocycles. The van der Waals surface area contributed by atoms with Gasteiger partial charge in [0.25, 0.3) is 5.91 Å². The van der Waals surface area contributed by atoms with Crippen molar-refractivity contribution in [2.75, 3.05) is 0 Å². The fourth-order valence-electron chi connectivity index (χ4n) is 2.90. The lowest BCUT2D eigenvalue weighted by Crippen LogP contribution is -2.35. The van der Waals surface area contributed by atoms with Crippen LogP contribution in [0, 0.1) is 5.41 Å². The molecule has 1 N–H and O–H groups in total. The number of fused-ring (bicyclic) bond motifs is 1. The number of aryl methyl sites for hydroxylation is 1. The molecule has 2 aliphatic rings. The number of nitrogens with one attached hydrogen (secondary N) is 1. The Kier molecular flexibility index (Phi) is 5.15. The van der Waals surface area contributed by atoms with Crippen molar-refractivity contribution < 1.29 is 4.79 Å². The summed E-state index contributed by atoms with van der Waals surface area (Å²) < 4.78 is 0. The van der Waals surface area contributed by atoms with E-state index in [9.17, 15) is 4.79 Å². The molecule has 0 spiro atoms. The van der Waals surface area contributed by atoms with Crippen molar-refractivity contribution in [1.82, 2.24) is 5.01 Å². The second-order valence-corrected chi connectivity index (χ2v) is 7.89. The molecule has 2 heterocycles. The van der Waals surface area contributed by atoms with Crippen LogP contribution in [-0.4, -0.2) is 27.0 Å². The molecule has 5 nitrogen and oxygen atoms in total. The molecule has 7 heteroatoms. The third-order valence-electron chi connectivity index (χ3n) is 4.46. The number of hydrogen-bond donors (Lipinski definition) is 1. The lowest BCUT2D eigenvalue weighted by atomic mass is 10.1. The number of halogens is 1. The maximum absolute atomic E-state index is 12.5. The maximum Gasteiger partial charge on any atom is 0.283 e. The first-order valence-electron chi connectivity index (χ1n) is 8.86. The van der Waals surface area contributed by atoms with Crippen molar-refractivity contribution >= 4 is 51.4 Å². The van der Waals surface area contributed by atoms with Crippen LogP contribution in [0.5, 0.6) is 0 Å². The van der Waals surface area contributed by atoms with Gasteiger partial charge in [-0.25, -0.2) is 0 Å². The summed E-state index contributed by atoms with van der Waals surface area (Å²) in [4.78, 5) is 16.6. The average Bonchev–Trinajstić information content (AvgIpc) is 3.10. The zero-order valence-corrected chi connectivity index (χ0v) is 16.7. The summed E-state index contributed by atoms with van der Waals surface area (Å²) in [6.07, 6.45) is 3.24. The van der Waals surface area contributed by atoms with Gasteiger partial charge in [0.05, 0.1) is 5.57 Å². The summed E-state index contributed by atoms with van der Waals surface area (Å²) in [5.74, 6) is -0.362. The van der Waals surface area contributed by atoms with Crippen LogP contribution in [0.1, 0.15) is 23.6 Å². The Labute approximate surface area is 172 Å². The summed E-state index contributed by atoms with van der Waals surface area (Å²) >= 11 is 7.25. The number of hydrogen-bond acceptors (Lipinski definition) is 4. The summed E-state index contributed by atoms with van der Waals surface area (Å²) in [6, 6.07) is 15.5. The van der Waals surface area contributed by atoms with E-state index in [0.717, 1.165) is 22.6 Å². The molecular weight excluding hydrogens is 392 g/mol. The zero-order chi connectivity index (χ0) is 19.7. The van der Waals surface area contributed by atoms with E-state index in [1.165, 1.54) is 22.3 Å². The predicted octanol–water partition coefficient (Wildman–Crippen LogP) is 4.76. The number of carbonyl (C=O) groups is 1. The Morgan fingerprint density at radius 2 is 1.79 bits per heavy atom. The Balaban J connectivity index is 1.57. The van der Waals surface area contributed by atoms with Crippen LogP contribution in [0.4, 0.5) is 0 Å². The lowest BCUT2D eigenvalue weighted by molar-refractivity contribution is -0.114. The smallest absolute Gasteiger partial charge is 0.282 e. The second kappa shape index (κ2) is 7.73. The molecule has 4 rings (SSSR count). The van der Waals surface area contributed by atoms with Gasteiger partial charge in [0.15, 0.2) is 5.84 Å². The largest absolute Gasteiger partial charge is 0.283 e. The van der Waals surface area contributed by atoms with Crippen molar-refractivity contribution in [1.29, 1.82) is 5.41 Å². The number of nitrogens with zero attached hydrogens (tertiary/aromatic N) is 3. The molecule has 0 radical (unpaired) electrons. The molecule has 0 saturated carbocycles. The second-order valence-electron chi connectivity index (χ2n) is 6.41. The Hall–Kier alpha value is -2.70. The average molecular weight is 409 g/mol. The maximum atomic E-state index is 12.5. The van der Waals surface area contributed by atoms with Gasteiger partial charge in [-0.15, -0.1) is 0 Å².